The highest BCUT2D eigenvalue weighted by atomic mass is 16.5. The molecule has 0 aliphatic carbocycles. The molecule has 1 N–H and O–H groups in total. The van der Waals surface area contributed by atoms with E-state index in [0.717, 1.165) is 0 Å². The Kier molecular flexibility index (Phi) is 2.90. The SMILES string of the molecule is CC(C)Oc1ccc(O)cc1C=O. The molecular formula is C10H12O3. The van der Waals surface area contributed by atoms with Gasteiger partial charge in [0.25, 0.3) is 0 Å². The van der Waals surface area contributed by atoms with Gasteiger partial charge < -0.3 is 9.84 Å². The van der Waals surface area contributed by atoms with Crippen molar-refractivity contribution in [3.8, 4) is 11.5 Å². The van der Waals surface area contributed by atoms with Crippen LogP contribution in [0.5, 0.6) is 11.5 Å². The molecule has 0 unspecified atom stereocenters. The Balaban J connectivity index is 2.99. The zero-order valence-electron chi connectivity index (χ0n) is 7.65. The molecule has 0 heterocycles. The summed E-state index contributed by atoms with van der Waals surface area (Å²) in [5.74, 6) is 0.570. The van der Waals surface area contributed by atoms with Crippen molar-refractivity contribution in [2.75, 3.05) is 0 Å². The molecule has 3 heteroatoms. The molecule has 0 saturated heterocycles. The van der Waals surface area contributed by atoms with Crippen LogP contribution in [-0.4, -0.2) is 17.5 Å². The molecule has 1 aromatic carbocycles. The Morgan fingerprint density at radius 3 is 2.69 bits per heavy atom. The van der Waals surface area contributed by atoms with Gasteiger partial charge in [0, 0.05) is 0 Å². The summed E-state index contributed by atoms with van der Waals surface area (Å²) in [6.45, 7) is 3.75. The number of hydrogen-bond acceptors (Lipinski definition) is 3. The monoisotopic (exact) mass is 180 g/mol. The van der Waals surface area contributed by atoms with E-state index in [1.54, 1.807) is 6.07 Å². The minimum absolute atomic E-state index is 0.0169. The maximum absolute atomic E-state index is 10.6. The molecule has 0 aromatic heterocycles. The molecule has 0 amide bonds. The maximum atomic E-state index is 10.6. The molecular weight excluding hydrogens is 168 g/mol. The van der Waals surface area contributed by atoms with Crippen LogP contribution in [0.3, 0.4) is 0 Å². The summed E-state index contributed by atoms with van der Waals surface area (Å²) >= 11 is 0. The van der Waals surface area contributed by atoms with Crippen LogP contribution in [0, 0.1) is 0 Å². The fraction of sp³-hybridized carbons (Fsp3) is 0.300. The van der Waals surface area contributed by atoms with E-state index < -0.39 is 0 Å². The molecule has 3 nitrogen and oxygen atoms in total. The van der Waals surface area contributed by atoms with Gasteiger partial charge in [0.2, 0.25) is 0 Å². The van der Waals surface area contributed by atoms with Crippen LogP contribution in [0.1, 0.15) is 24.2 Å². The van der Waals surface area contributed by atoms with Crippen molar-refractivity contribution in [1.82, 2.24) is 0 Å². The van der Waals surface area contributed by atoms with Crippen molar-refractivity contribution in [1.29, 1.82) is 0 Å². The van der Waals surface area contributed by atoms with Gasteiger partial charge in [-0.3, -0.25) is 4.79 Å². The largest absolute Gasteiger partial charge is 0.508 e. The number of phenols is 1. The Morgan fingerprint density at radius 2 is 2.15 bits per heavy atom. The molecule has 0 atom stereocenters. The second-order valence-electron chi connectivity index (χ2n) is 3.01. The van der Waals surface area contributed by atoms with Gasteiger partial charge in [-0.2, -0.15) is 0 Å². The second-order valence-corrected chi connectivity index (χ2v) is 3.01. The van der Waals surface area contributed by atoms with Gasteiger partial charge in [-0.25, -0.2) is 0 Å². The average Bonchev–Trinajstić information content (AvgIpc) is 2.07. The quantitative estimate of drug-likeness (QED) is 0.723. The van der Waals surface area contributed by atoms with Crippen LogP contribution in [0.25, 0.3) is 0 Å². The van der Waals surface area contributed by atoms with Crippen LogP contribution in [0.4, 0.5) is 0 Å². The molecule has 70 valence electrons. The lowest BCUT2D eigenvalue weighted by Crippen LogP contribution is -2.07. The number of ether oxygens (including phenoxy) is 1. The molecule has 0 aliphatic rings. The average molecular weight is 180 g/mol. The van der Waals surface area contributed by atoms with Gasteiger partial charge in [0.1, 0.15) is 11.5 Å². The zero-order chi connectivity index (χ0) is 9.84. The van der Waals surface area contributed by atoms with Crippen LogP contribution in [-0.2, 0) is 0 Å². The van der Waals surface area contributed by atoms with E-state index in [9.17, 15) is 4.79 Å². The van der Waals surface area contributed by atoms with Crippen LogP contribution in [0.2, 0.25) is 0 Å². The third-order valence-corrected chi connectivity index (χ3v) is 1.48. The Bertz CT molecular complexity index is 305. The predicted molar refractivity (Wildman–Crippen MR) is 49.3 cm³/mol. The minimum Gasteiger partial charge on any atom is -0.508 e. The van der Waals surface area contributed by atoms with Crippen LogP contribution >= 0.6 is 0 Å². The summed E-state index contributed by atoms with van der Waals surface area (Å²) in [4.78, 5) is 10.6. The highest BCUT2D eigenvalue weighted by Gasteiger charge is 2.05. The summed E-state index contributed by atoms with van der Waals surface area (Å²) < 4.78 is 5.35. The molecule has 0 saturated carbocycles. The highest BCUT2D eigenvalue weighted by Crippen LogP contribution is 2.22. The normalized spacial score (nSPS) is 10.1. The maximum Gasteiger partial charge on any atom is 0.153 e. The van der Waals surface area contributed by atoms with Crippen molar-refractivity contribution in [3.05, 3.63) is 23.8 Å². The second kappa shape index (κ2) is 3.94. The van der Waals surface area contributed by atoms with E-state index in [4.69, 9.17) is 9.84 Å². The van der Waals surface area contributed by atoms with Crippen LogP contribution in [0.15, 0.2) is 18.2 Å². The lowest BCUT2D eigenvalue weighted by Gasteiger charge is -2.11. The first-order valence-electron chi connectivity index (χ1n) is 4.08. The van der Waals surface area contributed by atoms with E-state index in [-0.39, 0.29) is 11.9 Å². The molecule has 1 rings (SSSR count). The summed E-state index contributed by atoms with van der Waals surface area (Å²) in [6.07, 6.45) is 0.681. The number of hydrogen-bond donors (Lipinski definition) is 1. The third-order valence-electron chi connectivity index (χ3n) is 1.48. The number of carbonyl (C=O) groups excluding carboxylic acids is 1. The van der Waals surface area contributed by atoms with Gasteiger partial charge in [-0.1, -0.05) is 0 Å². The van der Waals surface area contributed by atoms with Gasteiger partial charge in [-0.15, -0.1) is 0 Å². The topological polar surface area (TPSA) is 46.5 Å². The number of benzene rings is 1. The number of rotatable bonds is 3. The van der Waals surface area contributed by atoms with Gasteiger partial charge >= 0.3 is 0 Å². The summed E-state index contributed by atoms with van der Waals surface area (Å²) in [6, 6.07) is 4.45. The molecule has 0 aliphatic heterocycles. The Morgan fingerprint density at radius 1 is 1.46 bits per heavy atom. The van der Waals surface area contributed by atoms with Crippen molar-refractivity contribution < 1.29 is 14.6 Å². The van der Waals surface area contributed by atoms with Crippen molar-refractivity contribution in [2.24, 2.45) is 0 Å². The van der Waals surface area contributed by atoms with E-state index in [1.165, 1.54) is 12.1 Å². The van der Waals surface area contributed by atoms with Crippen LogP contribution < -0.4 is 4.74 Å². The van der Waals surface area contributed by atoms with Crippen molar-refractivity contribution in [3.63, 3.8) is 0 Å². The fourth-order valence-electron chi connectivity index (χ4n) is 0.989. The first kappa shape index (κ1) is 9.58. The minimum atomic E-state index is 0.0169. The molecule has 0 radical (unpaired) electrons. The number of phenolic OH excluding ortho intramolecular Hbond substituents is 1. The molecule has 0 spiro atoms. The lowest BCUT2D eigenvalue weighted by atomic mass is 10.2. The van der Waals surface area contributed by atoms with E-state index in [1.807, 2.05) is 13.8 Å². The number of aromatic hydroxyl groups is 1. The van der Waals surface area contributed by atoms with E-state index in [2.05, 4.69) is 0 Å². The summed E-state index contributed by atoms with van der Waals surface area (Å²) in [5, 5.41) is 9.09. The fourth-order valence-corrected chi connectivity index (χ4v) is 0.989. The standard InChI is InChI=1S/C10H12O3/c1-7(2)13-10-4-3-9(12)5-8(10)6-11/h3-7,12H,1-2H3. The van der Waals surface area contributed by atoms with Gasteiger partial charge in [0.05, 0.1) is 11.7 Å². The van der Waals surface area contributed by atoms with Crippen molar-refractivity contribution >= 4 is 6.29 Å². The number of aldehydes is 1. The van der Waals surface area contributed by atoms with E-state index >= 15 is 0 Å². The Labute approximate surface area is 77.0 Å². The third kappa shape index (κ3) is 2.47. The molecule has 13 heavy (non-hydrogen) atoms. The first-order chi connectivity index (χ1) is 6.13. The molecule has 0 fully saturated rings. The number of carbonyl (C=O) groups is 1. The Hall–Kier alpha value is -1.51. The van der Waals surface area contributed by atoms with E-state index in [0.29, 0.717) is 17.6 Å². The molecule has 0 bridgehead atoms. The summed E-state index contributed by atoms with van der Waals surface area (Å²) in [5.41, 5.74) is 0.369. The summed E-state index contributed by atoms with van der Waals surface area (Å²) in [7, 11) is 0. The molecule has 1 aromatic rings. The van der Waals surface area contributed by atoms with Gasteiger partial charge in [0.15, 0.2) is 6.29 Å². The lowest BCUT2D eigenvalue weighted by molar-refractivity contribution is 0.111. The first-order valence-corrected chi connectivity index (χ1v) is 4.08. The van der Waals surface area contributed by atoms with Crippen molar-refractivity contribution in [2.45, 2.75) is 20.0 Å². The smallest absolute Gasteiger partial charge is 0.153 e. The predicted octanol–water partition coefficient (Wildman–Crippen LogP) is 1.99. The highest BCUT2D eigenvalue weighted by molar-refractivity contribution is 5.80. The zero-order valence-corrected chi connectivity index (χ0v) is 7.65. The van der Waals surface area contributed by atoms with Gasteiger partial charge in [-0.05, 0) is 32.0 Å².